The summed E-state index contributed by atoms with van der Waals surface area (Å²) in [4.78, 5) is 8.86. The second-order valence-electron chi connectivity index (χ2n) is 4.58. The number of nitrogens with zero attached hydrogens (tertiary/aromatic N) is 5. The normalized spacial score (nSPS) is 11.4. The fraction of sp³-hybridized carbons (Fsp3) is 0.0769. The van der Waals surface area contributed by atoms with Crippen molar-refractivity contribution in [1.29, 1.82) is 0 Å². The summed E-state index contributed by atoms with van der Waals surface area (Å²) in [6.45, 7) is 1.98. The molecular formula is C13H11N7. The Morgan fingerprint density at radius 2 is 2.10 bits per heavy atom. The van der Waals surface area contributed by atoms with Gasteiger partial charge in [0, 0.05) is 17.3 Å². The largest absolute Gasteiger partial charge is 0.382 e. The fourth-order valence-electron chi connectivity index (χ4n) is 2.29. The molecule has 7 nitrogen and oxygen atoms in total. The first-order valence-corrected chi connectivity index (χ1v) is 6.15. The molecule has 98 valence electrons. The van der Waals surface area contributed by atoms with Crippen molar-refractivity contribution < 1.29 is 0 Å². The molecule has 4 aromatic heterocycles. The average molecular weight is 265 g/mol. The van der Waals surface area contributed by atoms with Crippen molar-refractivity contribution >= 4 is 27.9 Å². The molecule has 0 atom stereocenters. The topological polar surface area (TPSA) is 98.3 Å². The molecular weight excluding hydrogens is 254 g/mol. The van der Waals surface area contributed by atoms with Crippen LogP contribution in [0.1, 0.15) is 5.69 Å². The molecule has 0 aliphatic carbocycles. The highest BCUT2D eigenvalue weighted by Gasteiger charge is 2.14. The number of hydrogen-bond donors (Lipinski definition) is 2. The number of nitrogen functional groups attached to an aromatic ring is 1. The number of aromatic nitrogens is 6. The minimum absolute atomic E-state index is 0.402. The molecule has 4 aromatic rings. The van der Waals surface area contributed by atoms with Gasteiger partial charge in [-0.25, -0.2) is 14.6 Å². The monoisotopic (exact) mass is 265 g/mol. The lowest BCUT2D eigenvalue weighted by atomic mass is 10.2. The van der Waals surface area contributed by atoms with Crippen molar-refractivity contribution in [1.82, 2.24) is 29.9 Å². The van der Waals surface area contributed by atoms with E-state index in [1.807, 2.05) is 35.9 Å². The predicted molar refractivity (Wildman–Crippen MR) is 75.5 cm³/mol. The molecule has 0 fully saturated rings. The van der Waals surface area contributed by atoms with E-state index < -0.39 is 0 Å². The molecule has 7 heteroatoms. The van der Waals surface area contributed by atoms with E-state index in [-0.39, 0.29) is 0 Å². The molecule has 0 bridgehead atoms. The van der Waals surface area contributed by atoms with Gasteiger partial charge >= 0.3 is 0 Å². The number of rotatable bonds is 1. The van der Waals surface area contributed by atoms with Crippen molar-refractivity contribution in [2.75, 3.05) is 5.73 Å². The van der Waals surface area contributed by atoms with Gasteiger partial charge in [0.15, 0.2) is 22.9 Å². The molecule has 4 rings (SSSR count). The van der Waals surface area contributed by atoms with Crippen molar-refractivity contribution in [3.8, 4) is 5.82 Å². The number of nitrogens with one attached hydrogen (secondary N) is 1. The zero-order valence-electron chi connectivity index (χ0n) is 10.7. The summed E-state index contributed by atoms with van der Waals surface area (Å²) in [6.07, 6.45) is 1.74. The summed E-state index contributed by atoms with van der Waals surface area (Å²) in [6, 6.07) is 7.66. The molecule has 0 unspecified atom stereocenters. The molecule has 0 saturated heterocycles. The van der Waals surface area contributed by atoms with E-state index in [0.29, 0.717) is 11.5 Å². The highest BCUT2D eigenvalue weighted by molar-refractivity contribution is 5.96. The van der Waals surface area contributed by atoms with E-state index in [2.05, 4.69) is 25.3 Å². The Bertz CT molecular complexity index is 920. The number of pyridine rings is 2. The van der Waals surface area contributed by atoms with Crippen LogP contribution in [0.15, 0.2) is 30.5 Å². The van der Waals surface area contributed by atoms with Crippen LogP contribution in [0.25, 0.3) is 27.9 Å². The Morgan fingerprint density at radius 3 is 2.90 bits per heavy atom. The van der Waals surface area contributed by atoms with E-state index in [9.17, 15) is 0 Å². The average Bonchev–Trinajstić information content (AvgIpc) is 3.00. The van der Waals surface area contributed by atoms with Gasteiger partial charge in [-0.2, -0.15) is 0 Å². The molecule has 4 heterocycles. The molecule has 0 amide bonds. The Labute approximate surface area is 113 Å². The summed E-state index contributed by atoms with van der Waals surface area (Å²) >= 11 is 0. The Balaban J connectivity index is 2.10. The van der Waals surface area contributed by atoms with Crippen LogP contribution >= 0.6 is 0 Å². The maximum atomic E-state index is 5.79. The molecule has 0 aliphatic heterocycles. The van der Waals surface area contributed by atoms with Crippen LogP contribution in [0.5, 0.6) is 0 Å². The number of aromatic amines is 1. The third-order valence-electron chi connectivity index (χ3n) is 3.28. The van der Waals surface area contributed by atoms with Gasteiger partial charge < -0.3 is 5.73 Å². The standard InChI is InChI=1S/C13H11N7/c1-7-8-6-9-11(14)17-18-12(9)16-13(8)20(19-7)10-4-2-3-5-15-10/h2-6,19H,1H3,(H2,14,17). The first-order chi connectivity index (χ1) is 9.74. The third kappa shape index (κ3) is 1.40. The number of H-pyrrole nitrogens is 1. The molecule has 0 aromatic carbocycles. The minimum Gasteiger partial charge on any atom is -0.382 e. The van der Waals surface area contributed by atoms with Crippen LogP contribution < -0.4 is 5.73 Å². The summed E-state index contributed by atoms with van der Waals surface area (Å²) < 4.78 is 1.83. The minimum atomic E-state index is 0.402. The Kier molecular flexibility index (Phi) is 2.06. The van der Waals surface area contributed by atoms with E-state index in [4.69, 9.17) is 5.73 Å². The zero-order chi connectivity index (χ0) is 13.7. The molecule has 3 N–H and O–H groups in total. The van der Waals surface area contributed by atoms with Gasteiger partial charge in [-0.15, -0.1) is 10.2 Å². The summed E-state index contributed by atoms with van der Waals surface area (Å²) in [5.74, 6) is 1.17. The highest BCUT2D eigenvalue weighted by atomic mass is 15.3. The first kappa shape index (κ1) is 10.9. The van der Waals surface area contributed by atoms with Gasteiger partial charge in [0.25, 0.3) is 0 Å². The highest BCUT2D eigenvalue weighted by Crippen LogP contribution is 2.25. The van der Waals surface area contributed by atoms with Gasteiger partial charge in [0.05, 0.1) is 5.39 Å². The summed E-state index contributed by atoms with van der Waals surface area (Å²) in [5, 5.41) is 12.8. The Hall–Kier alpha value is -2.96. The molecule has 0 spiro atoms. The van der Waals surface area contributed by atoms with Crippen molar-refractivity contribution in [3.05, 3.63) is 36.2 Å². The number of hydrogen-bond acceptors (Lipinski definition) is 5. The SMILES string of the molecule is Cc1[nH]n(-c2ccccn2)c2nc3nnc(N)c3cc12. The van der Waals surface area contributed by atoms with E-state index in [1.54, 1.807) is 6.20 Å². The van der Waals surface area contributed by atoms with Crippen LogP contribution in [0.4, 0.5) is 5.82 Å². The van der Waals surface area contributed by atoms with Crippen LogP contribution in [0.2, 0.25) is 0 Å². The lowest BCUT2D eigenvalue weighted by Gasteiger charge is -2.01. The van der Waals surface area contributed by atoms with Crippen molar-refractivity contribution in [3.63, 3.8) is 0 Å². The second-order valence-corrected chi connectivity index (χ2v) is 4.58. The number of nitrogens with two attached hydrogens (primary N) is 1. The van der Waals surface area contributed by atoms with Crippen molar-refractivity contribution in [2.24, 2.45) is 0 Å². The molecule has 20 heavy (non-hydrogen) atoms. The Morgan fingerprint density at radius 1 is 1.20 bits per heavy atom. The summed E-state index contributed by atoms with van der Waals surface area (Å²) in [7, 11) is 0. The van der Waals surface area contributed by atoms with Crippen LogP contribution in [-0.4, -0.2) is 29.9 Å². The van der Waals surface area contributed by atoms with Crippen LogP contribution in [-0.2, 0) is 0 Å². The van der Waals surface area contributed by atoms with Gasteiger partial charge in [-0.05, 0) is 25.1 Å². The van der Waals surface area contributed by atoms with E-state index in [1.165, 1.54) is 0 Å². The quantitative estimate of drug-likeness (QED) is 0.544. The maximum Gasteiger partial charge on any atom is 0.187 e. The van der Waals surface area contributed by atoms with Gasteiger partial charge in [-0.3, -0.25) is 5.10 Å². The lowest BCUT2D eigenvalue weighted by Crippen LogP contribution is -2.00. The first-order valence-electron chi connectivity index (χ1n) is 6.15. The van der Waals surface area contributed by atoms with Crippen LogP contribution in [0.3, 0.4) is 0 Å². The van der Waals surface area contributed by atoms with Crippen LogP contribution in [0, 0.1) is 6.92 Å². The smallest absolute Gasteiger partial charge is 0.187 e. The summed E-state index contributed by atoms with van der Waals surface area (Å²) in [5.41, 5.74) is 8.08. The zero-order valence-corrected chi connectivity index (χ0v) is 10.7. The van der Waals surface area contributed by atoms with E-state index in [0.717, 1.165) is 27.9 Å². The number of anilines is 1. The maximum absolute atomic E-state index is 5.79. The molecule has 0 radical (unpaired) electrons. The van der Waals surface area contributed by atoms with E-state index >= 15 is 0 Å². The third-order valence-corrected chi connectivity index (χ3v) is 3.28. The lowest BCUT2D eigenvalue weighted by molar-refractivity contribution is 0.848. The molecule has 0 aliphatic rings. The fourth-order valence-corrected chi connectivity index (χ4v) is 2.29. The second kappa shape index (κ2) is 3.77. The number of aryl methyl sites for hydroxylation is 1. The van der Waals surface area contributed by atoms with Crippen molar-refractivity contribution in [2.45, 2.75) is 6.92 Å². The van der Waals surface area contributed by atoms with Gasteiger partial charge in [0.2, 0.25) is 0 Å². The van der Waals surface area contributed by atoms with Gasteiger partial charge in [-0.1, -0.05) is 6.07 Å². The van der Waals surface area contributed by atoms with Gasteiger partial charge in [0.1, 0.15) is 0 Å². The predicted octanol–water partition coefficient (Wildman–Crippen LogP) is 1.58. The molecule has 0 saturated carbocycles. The number of fused-ring (bicyclic) bond motifs is 2.